The van der Waals surface area contributed by atoms with Gasteiger partial charge >= 0.3 is 0 Å². The number of carbonyl (C=O) groups is 1. The highest BCUT2D eigenvalue weighted by Gasteiger charge is 2.22. The Morgan fingerprint density at radius 1 is 1.55 bits per heavy atom. The van der Waals surface area contributed by atoms with Crippen LogP contribution >= 0.6 is 11.3 Å². The summed E-state index contributed by atoms with van der Waals surface area (Å²) in [6, 6.07) is 0. The van der Waals surface area contributed by atoms with E-state index in [2.05, 4.69) is 49.8 Å². The molecule has 1 amide bonds. The minimum absolute atomic E-state index is 0.0170. The van der Waals surface area contributed by atoms with E-state index >= 15 is 0 Å². The third-order valence-electron chi connectivity index (χ3n) is 3.17. The van der Waals surface area contributed by atoms with Gasteiger partial charge in [0, 0.05) is 12.8 Å². The molecular formula is C15H22N2O2S. The van der Waals surface area contributed by atoms with Crippen LogP contribution in [0.2, 0.25) is 0 Å². The van der Waals surface area contributed by atoms with E-state index in [1.165, 1.54) is 11.3 Å². The minimum atomic E-state index is -0.0170. The van der Waals surface area contributed by atoms with Gasteiger partial charge in [0.15, 0.2) is 5.13 Å². The number of anilines is 1. The average Bonchev–Trinajstić information content (AvgIpc) is 2.75. The summed E-state index contributed by atoms with van der Waals surface area (Å²) < 4.78 is 0. The second kappa shape index (κ2) is 7.41. The lowest BCUT2D eigenvalue weighted by Gasteiger charge is -2.26. The fourth-order valence-corrected chi connectivity index (χ4v) is 2.06. The average molecular weight is 294 g/mol. The van der Waals surface area contributed by atoms with E-state index in [1.54, 1.807) is 6.20 Å². The van der Waals surface area contributed by atoms with Crippen molar-refractivity contribution in [2.24, 2.45) is 11.3 Å². The number of carbonyl (C=O) groups excluding carboxylic acids is 1. The van der Waals surface area contributed by atoms with E-state index in [4.69, 9.17) is 5.11 Å². The number of nitrogens with one attached hydrogen (secondary N) is 1. The monoisotopic (exact) mass is 294 g/mol. The summed E-state index contributed by atoms with van der Waals surface area (Å²) in [6.45, 7) is 8.52. The van der Waals surface area contributed by atoms with Crippen molar-refractivity contribution in [1.82, 2.24) is 4.98 Å². The van der Waals surface area contributed by atoms with E-state index in [0.717, 1.165) is 4.88 Å². The highest BCUT2D eigenvalue weighted by molar-refractivity contribution is 7.16. The fraction of sp³-hybridized carbons (Fsp3) is 0.600. The topological polar surface area (TPSA) is 62.2 Å². The van der Waals surface area contributed by atoms with Crippen LogP contribution in [0.5, 0.6) is 0 Å². The highest BCUT2D eigenvalue weighted by Crippen LogP contribution is 2.28. The maximum absolute atomic E-state index is 11.9. The van der Waals surface area contributed by atoms with Crippen LogP contribution in [0, 0.1) is 23.2 Å². The smallest absolute Gasteiger partial charge is 0.226 e. The number of hydrogen-bond acceptors (Lipinski definition) is 4. The van der Waals surface area contributed by atoms with Gasteiger partial charge in [-0.3, -0.25) is 4.79 Å². The van der Waals surface area contributed by atoms with Gasteiger partial charge in [-0.05, 0) is 11.3 Å². The van der Waals surface area contributed by atoms with Gasteiger partial charge in [0.05, 0.1) is 17.7 Å². The van der Waals surface area contributed by atoms with Crippen molar-refractivity contribution in [3.63, 3.8) is 0 Å². The minimum Gasteiger partial charge on any atom is -0.395 e. The largest absolute Gasteiger partial charge is 0.395 e. The van der Waals surface area contributed by atoms with Crippen LogP contribution in [0.25, 0.3) is 0 Å². The number of rotatable bonds is 4. The van der Waals surface area contributed by atoms with Gasteiger partial charge in [0.2, 0.25) is 5.91 Å². The molecule has 1 atom stereocenters. The SMILES string of the molecule is CC(CC(=O)Nc1ncc(C#CCCO)s1)C(C)(C)C. The normalized spacial score (nSPS) is 12.4. The summed E-state index contributed by atoms with van der Waals surface area (Å²) in [5, 5.41) is 12.0. The zero-order valence-corrected chi connectivity index (χ0v) is 13.3. The number of aromatic nitrogens is 1. The lowest BCUT2D eigenvalue weighted by molar-refractivity contribution is -0.117. The van der Waals surface area contributed by atoms with E-state index in [-0.39, 0.29) is 17.9 Å². The molecule has 0 radical (unpaired) electrons. The molecule has 1 rings (SSSR count). The third-order valence-corrected chi connectivity index (χ3v) is 4.00. The van der Waals surface area contributed by atoms with Gasteiger partial charge in [0.25, 0.3) is 0 Å². The van der Waals surface area contributed by atoms with E-state index in [1.807, 2.05) is 0 Å². The Morgan fingerprint density at radius 2 is 2.25 bits per heavy atom. The number of hydrogen-bond donors (Lipinski definition) is 2. The molecule has 0 saturated carbocycles. The van der Waals surface area contributed by atoms with E-state index in [9.17, 15) is 4.79 Å². The van der Waals surface area contributed by atoms with Crippen molar-refractivity contribution < 1.29 is 9.90 Å². The first-order chi connectivity index (χ1) is 9.32. The van der Waals surface area contributed by atoms with Crippen molar-refractivity contribution in [2.75, 3.05) is 11.9 Å². The molecule has 1 aromatic heterocycles. The molecule has 0 aliphatic heterocycles. The fourth-order valence-electron chi connectivity index (χ4n) is 1.35. The Morgan fingerprint density at radius 3 is 2.85 bits per heavy atom. The van der Waals surface area contributed by atoms with Gasteiger partial charge in [-0.25, -0.2) is 4.98 Å². The Hall–Kier alpha value is -1.38. The second-order valence-corrected chi connectivity index (χ2v) is 6.86. The molecule has 0 bridgehead atoms. The lowest BCUT2D eigenvalue weighted by atomic mass is 9.80. The predicted octanol–water partition coefficient (Wildman–Crippen LogP) is 2.89. The Labute approximate surface area is 124 Å². The van der Waals surface area contributed by atoms with Crippen LogP contribution < -0.4 is 5.32 Å². The molecule has 110 valence electrons. The molecule has 2 N–H and O–H groups in total. The summed E-state index contributed by atoms with van der Waals surface area (Å²) in [5.41, 5.74) is 0.112. The molecule has 1 unspecified atom stereocenters. The van der Waals surface area contributed by atoms with Crippen molar-refractivity contribution in [3.05, 3.63) is 11.1 Å². The summed E-state index contributed by atoms with van der Waals surface area (Å²) in [7, 11) is 0. The standard InChI is InChI=1S/C15H22N2O2S/c1-11(15(2,3)4)9-13(19)17-14-16-10-12(20-14)7-5-6-8-18/h10-11,18H,6,8-9H2,1-4H3,(H,16,17,19). The summed E-state index contributed by atoms with van der Waals surface area (Å²) in [5.74, 6) is 6.01. The molecule has 1 aromatic rings. The molecule has 1 heterocycles. The zero-order chi connectivity index (χ0) is 15.2. The first-order valence-corrected chi connectivity index (χ1v) is 7.50. The Balaban J connectivity index is 2.53. The number of thiazole rings is 1. The van der Waals surface area contributed by atoms with Gasteiger partial charge in [-0.2, -0.15) is 0 Å². The molecule has 0 aromatic carbocycles. The molecule has 0 fully saturated rings. The lowest BCUT2D eigenvalue weighted by Crippen LogP contribution is -2.23. The molecule has 0 aliphatic carbocycles. The maximum Gasteiger partial charge on any atom is 0.226 e. The van der Waals surface area contributed by atoms with Crippen LogP contribution in [0.1, 0.15) is 45.4 Å². The van der Waals surface area contributed by atoms with Crippen molar-refractivity contribution in [3.8, 4) is 11.8 Å². The quantitative estimate of drug-likeness (QED) is 0.839. The van der Waals surface area contributed by atoms with Crippen LogP contribution in [0.15, 0.2) is 6.20 Å². The summed E-state index contributed by atoms with van der Waals surface area (Å²) >= 11 is 1.35. The molecule has 0 saturated heterocycles. The van der Waals surface area contributed by atoms with Crippen molar-refractivity contribution in [2.45, 2.75) is 40.5 Å². The molecule has 0 spiro atoms. The van der Waals surface area contributed by atoms with Gasteiger partial charge in [0.1, 0.15) is 0 Å². The van der Waals surface area contributed by atoms with Gasteiger partial charge in [-0.15, -0.1) is 0 Å². The number of amides is 1. The molecule has 0 aliphatic rings. The first-order valence-electron chi connectivity index (χ1n) is 6.68. The number of aliphatic hydroxyl groups excluding tert-OH is 1. The van der Waals surface area contributed by atoms with Gasteiger partial charge in [-0.1, -0.05) is 50.9 Å². The first kappa shape index (κ1) is 16.7. The van der Waals surface area contributed by atoms with Crippen LogP contribution in [-0.2, 0) is 4.79 Å². The summed E-state index contributed by atoms with van der Waals surface area (Å²) in [6.07, 6.45) is 2.56. The van der Waals surface area contributed by atoms with E-state index < -0.39 is 0 Å². The number of nitrogens with zero attached hydrogens (tertiary/aromatic N) is 1. The third kappa shape index (κ3) is 5.72. The van der Waals surface area contributed by atoms with Gasteiger partial charge < -0.3 is 10.4 Å². The maximum atomic E-state index is 11.9. The Bertz CT molecular complexity index is 506. The number of aliphatic hydroxyl groups is 1. The Kier molecular flexibility index (Phi) is 6.18. The van der Waals surface area contributed by atoms with Crippen molar-refractivity contribution >= 4 is 22.4 Å². The van der Waals surface area contributed by atoms with Crippen LogP contribution in [0.3, 0.4) is 0 Å². The van der Waals surface area contributed by atoms with E-state index in [0.29, 0.717) is 23.9 Å². The van der Waals surface area contributed by atoms with Crippen LogP contribution in [0.4, 0.5) is 5.13 Å². The highest BCUT2D eigenvalue weighted by atomic mass is 32.1. The molecular weight excluding hydrogens is 272 g/mol. The molecule has 20 heavy (non-hydrogen) atoms. The molecule has 5 heteroatoms. The predicted molar refractivity (Wildman–Crippen MR) is 82.6 cm³/mol. The van der Waals surface area contributed by atoms with Crippen LogP contribution in [-0.4, -0.2) is 22.6 Å². The summed E-state index contributed by atoms with van der Waals surface area (Å²) in [4.78, 5) is 16.8. The second-order valence-electron chi connectivity index (χ2n) is 5.82. The van der Waals surface area contributed by atoms with Crippen molar-refractivity contribution in [1.29, 1.82) is 0 Å². The molecule has 4 nitrogen and oxygen atoms in total. The zero-order valence-electron chi connectivity index (χ0n) is 12.5.